The van der Waals surface area contributed by atoms with Crippen LogP contribution in [-0.2, 0) is 28.7 Å². The Morgan fingerprint density at radius 3 is 2.47 bits per heavy atom. The van der Waals surface area contributed by atoms with Crippen LogP contribution in [0.25, 0.3) is 0 Å². The van der Waals surface area contributed by atoms with Crippen LogP contribution in [0.15, 0.2) is 79.9 Å². The molecular formula is C39H48BrN3O8. The summed E-state index contributed by atoms with van der Waals surface area (Å²) in [4.78, 5) is 59.4. The third-order valence-corrected chi connectivity index (χ3v) is 11.4. The summed E-state index contributed by atoms with van der Waals surface area (Å²) >= 11 is 3.73. The SMILES string of the molecule is C=CCCC(=O)NC[C@@H](OC(=O)[C@H]1[C@@H]2O[C@@]3(CC2Br)[C@@H]1C(=O)N([C@@H](CO)[C@@H](C)CC)[C@@H]3C(=O)N(CC=C)c1ccc(OC)cc1)c1ccccc1. The molecule has 1 unspecified atom stereocenters. The van der Waals surface area contributed by atoms with Crippen LogP contribution in [0.1, 0.15) is 51.2 Å². The maximum absolute atomic E-state index is 15.0. The van der Waals surface area contributed by atoms with Crippen molar-refractivity contribution in [1.82, 2.24) is 10.2 Å². The molecule has 274 valence electrons. The van der Waals surface area contributed by atoms with Crippen molar-refractivity contribution in [3.05, 3.63) is 85.5 Å². The number of carbonyl (C=O) groups excluding carboxylic acids is 4. The van der Waals surface area contributed by atoms with Gasteiger partial charge in [0.1, 0.15) is 23.5 Å². The number of fused-ring (bicyclic) bond motifs is 1. The molecule has 11 nitrogen and oxygen atoms in total. The first kappa shape index (κ1) is 38.2. The van der Waals surface area contributed by atoms with Gasteiger partial charge in [0.25, 0.3) is 5.91 Å². The lowest BCUT2D eigenvalue weighted by Gasteiger charge is -2.41. The molecule has 3 aliphatic rings. The fraction of sp³-hybridized carbons (Fsp3) is 0.487. The smallest absolute Gasteiger partial charge is 0.313 e. The summed E-state index contributed by atoms with van der Waals surface area (Å²) in [5, 5.41) is 13.6. The molecule has 0 aromatic heterocycles. The zero-order valence-electron chi connectivity index (χ0n) is 29.4. The van der Waals surface area contributed by atoms with Gasteiger partial charge in [-0.15, -0.1) is 13.2 Å². The van der Waals surface area contributed by atoms with Gasteiger partial charge in [-0.2, -0.15) is 0 Å². The fourth-order valence-corrected chi connectivity index (χ4v) is 8.73. The number of likely N-dealkylation sites (tertiary alicyclic amines) is 1. The molecule has 0 saturated carbocycles. The Morgan fingerprint density at radius 2 is 1.86 bits per heavy atom. The summed E-state index contributed by atoms with van der Waals surface area (Å²) in [6.45, 7) is 11.2. The quantitative estimate of drug-likeness (QED) is 0.134. The van der Waals surface area contributed by atoms with Crippen LogP contribution in [0.5, 0.6) is 5.75 Å². The maximum atomic E-state index is 15.0. The van der Waals surface area contributed by atoms with Crippen LogP contribution < -0.4 is 15.0 Å². The number of ether oxygens (including phenoxy) is 3. The zero-order chi connectivity index (χ0) is 36.9. The lowest BCUT2D eigenvalue weighted by Crippen LogP contribution is -2.60. The van der Waals surface area contributed by atoms with Crippen molar-refractivity contribution in [3.8, 4) is 5.75 Å². The number of hydrogen-bond acceptors (Lipinski definition) is 8. The van der Waals surface area contributed by atoms with E-state index >= 15 is 0 Å². The first-order valence-electron chi connectivity index (χ1n) is 17.5. The Hall–Kier alpha value is -4.00. The number of aliphatic hydroxyl groups is 1. The minimum absolute atomic E-state index is 0.0255. The molecule has 9 atom stereocenters. The summed E-state index contributed by atoms with van der Waals surface area (Å²) in [6, 6.07) is 14.2. The van der Waals surface area contributed by atoms with E-state index in [-0.39, 0.29) is 49.2 Å². The van der Waals surface area contributed by atoms with Gasteiger partial charge in [-0.05, 0) is 48.6 Å². The maximum Gasteiger partial charge on any atom is 0.313 e. The monoisotopic (exact) mass is 765 g/mol. The second-order valence-corrected chi connectivity index (χ2v) is 14.6. The summed E-state index contributed by atoms with van der Waals surface area (Å²) in [6.07, 6.45) is 3.34. The number of benzene rings is 2. The van der Waals surface area contributed by atoms with Crippen molar-refractivity contribution >= 4 is 45.3 Å². The first-order chi connectivity index (χ1) is 24.6. The number of halogens is 1. The van der Waals surface area contributed by atoms with E-state index in [1.807, 2.05) is 44.2 Å². The molecule has 12 heteroatoms. The van der Waals surface area contributed by atoms with Gasteiger partial charge >= 0.3 is 5.97 Å². The van der Waals surface area contributed by atoms with Crippen molar-refractivity contribution in [2.24, 2.45) is 17.8 Å². The minimum atomic E-state index is -1.38. The number of methoxy groups -OCH3 is 1. The average Bonchev–Trinajstić information content (AvgIpc) is 3.74. The Balaban J connectivity index is 1.53. The molecule has 2 N–H and O–H groups in total. The lowest BCUT2D eigenvalue weighted by molar-refractivity contribution is -0.161. The second kappa shape index (κ2) is 16.6. The Labute approximate surface area is 308 Å². The zero-order valence-corrected chi connectivity index (χ0v) is 31.0. The van der Waals surface area contributed by atoms with Gasteiger partial charge in [-0.25, -0.2) is 0 Å². The first-order valence-corrected chi connectivity index (χ1v) is 18.4. The minimum Gasteiger partial charge on any atom is -0.497 e. The Bertz CT molecular complexity index is 1590. The molecule has 51 heavy (non-hydrogen) atoms. The van der Waals surface area contributed by atoms with E-state index in [1.165, 1.54) is 4.90 Å². The Morgan fingerprint density at radius 1 is 1.16 bits per heavy atom. The average molecular weight is 767 g/mol. The third kappa shape index (κ3) is 7.36. The van der Waals surface area contributed by atoms with Crippen LogP contribution in [0.2, 0.25) is 0 Å². The molecule has 3 saturated heterocycles. The third-order valence-electron chi connectivity index (χ3n) is 10.5. The number of alkyl halides is 1. The number of nitrogens with one attached hydrogen (secondary N) is 1. The van der Waals surface area contributed by atoms with Crippen LogP contribution in [0.4, 0.5) is 5.69 Å². The molecule has 3 heterocycles. The number of allylic oxidation sites excluding steroid dienone is 1. The van der Waals surface area contributed by atoms with Gasteiger partial charge in [0.2, 0.25) is 11.8 Å². The highest BCUT2D eigenvalue weighted by molar-refractivity contribution is 9.09. The molecule has 0 aliphatic carbocycles. The second-order valence-electron chi connectivity index (χ2n) is 13.4. The van der Waals surface area contributed by atoms with E-state index in [4.69, 9.17) is 14.2 Å². The van der Waals surface area contributed by atoms with Crippen molar-refractivity contribution in [2.45, 2.75) is 74.3 Å². The van der Waals surface area contributed by atoms with Crippen molar-refractivity contribution in [2.75, 3.05) is 31.7 Å². The standard InChI is InChI=1S/C39H48BrN3O8/c1-6-9-15-31(45)41-22-30(25-13-11-10-12-14-25)50-38(48)32-33-36(46)43(29(23-44)24(4)8-3)35(39(33)21-28(40)34(32)51-39)37(47)42(20-7-2)26-16-18-27(49-5)19-17-26/h6-7,10-14,16-19,24,28-30,32-35,44H,1-2,8-9,15,20-23H2,3-5H3,(H,41,45)/t24-,28?,29-,30+,32+,33-,34+,35+,39-/m0/s1. The summed E-state index contributed by atoms with van der Waals surface area (Å²) in [7, 11) is 1.56. The van der Waals surface area contributed by atoms with E-state index in [0.717, 1.165) is 0 Å². The van der Waals surface area contributed by atoms with E-state index in [1.54, 1.807) is 48.4 Å². The number of esters is 1. The number of hydrogen-bond donors (Lipinski definition) is 2. The number of aliphatic hydroxyl groups excluding tert-OH is 1. The van der Waals surface area contributed by atoms with Crippen molar-refractivity contribution in [3.63, 3.8) is 0 Å². The van der Waals surface area contributed by atoms with Crippen molar-refractivity contribution < 1.29 is 38.5 Å². The molecule has 5 rings (SSSR count). The number of amides is 3. The molecule has 2 bridgehead atoms. The predicted molar refractivity (Wildman–Crippen MR) is 196 cm³/mol. The van der Waals surface area contributed by atoms with Crippen LogP contribution in [0, 0.1) is 17.8 Å². The highest BCUT2D eigenvalue weighted by Crippen LogP contribution is 2.61. The van der Waals surface area contributed by atoms with Gasteiger partial charge in [0, 0.05) is 23.5 Å². The van der Waals surface area contributed by atoms with Crippen LogP contribution in [-0.4, -0.2) is 89.1 Å². The molecule has 1 spiro atoms. The fourth-order valence-electron chi connectivity index (χ4n) is 7.79. The molecule has 2 aromatic rings. The highest BCUT2D eigenvalue weighted by Gasteiger charge is 2.77. The molecule has 3 aliphatic heterocycles. The summed E-state index contributed by atoms with van der Waals surface area (Å²) < 4.78 is 18.2. The predicted octanol–water partition coefficient (Wildman–Crippen LogP) is 4.74. The molecule has 0 radical (unpaired) electrons. The van der Waals surface area contributed by atoms with Crippen LogP contribution in [0.3, 0.4) is 0 Å². The largest absolute Gasteiger partial charge is 0.497 e. The number of nitrogens with zero attached hydrogens (tertiary/aromatic N) is 2. The molecule has 3 fully saturated rings. The van der Waals surface area contributed by atoms with Gasteiger partial charge in [-0.3, -0.25) is 19.2 Å². The molecule has 2 aromatic carbocycles. The van der Waals surface area contributed by atoms with Gasteiger partial charge in [0.15, 0.2) is 0 Å². The van der Waals surface area contributed by atoms with E-state index in [9.17, 15) is 24.3 Å². The van der Waals surface area contributed by atoms with Gasteiger partial charge in [0.05, 0.1) is 44.2 Å². The van der Waals surface area contributed by atoms with Gasteiger partial charge in [-0.1, -0.05) is 78.7 Å². The summed E-state index contributed by atoms with van der Waals surface area (Å²) in [5.74, 6) is -3.36. The highest BCUT2D eigenvalue weighted by atomic mass is 79.9. The Kier molecular flexibility index (Phi) is 12.4. The van der Waals surface area contributed by atoms with E-state index in [0.29, 0.717) is 29.8 Å². The van der Waals surface area contributed by atoms with Gasteiger partial charge < -0.3 is 34.4 Å². The number of rotatable bonds is 17. The molecular weight excluding hydrogens is 718 g/mol. The topological polar surface area (TPSA) is 135 Å². The lowest BCUT2D eigenvalue weighted by atomic mass is 9.70. The molecule has 3 amide bonds. The summed E-state index contributed by atoms with van der Waals surface area (Å²) in [5.41, 5.74) is -0.144. The normalized spacial score (nSPS) is 26.5. The van der Waals surface area contributed by atoms with Crippen LogP contribution >= 0.6 is 15.9 Å². The number of anilines is 1. The van der Waals surface area contributed by atoms with E-state index < -0.39 is 59.5 Å². The number of carbonyl (C=O) groups is 4. The van der Waals surface area contributed by atoms with Crippen molar-refractivity contribution in [1.29, 1.82) is 0 Å². The van der Waals surface area contributed by atoms with E-state index in [2.05, 4.69) is 34.4 Å².